The average Bonchev–Trinajstić information content (AvgIpc) is 2.44. The van der Waals surface area contributed by atoms with Crippen LogP contribution in [0.2, 0.25) is 0 Å². The molecule has 1 aromatic rings. The Balaban J connectivity index is 1.35. The molecule has 3 nitrogen and oxygen atoms in total. The van der Waals surface area contributed by atoms with Gasteiger partial charge >= 0.3 is 0 Å². The van der Waals surface area contributed by atoms with Crippen molar-refractivity contribution < 1.29 is 4.74 Å². The molecule has 0 amide bonds. The molecule has 2 aliphatic rings. The standard InChI is InChI=1S/C16H23BrN2O/c17-16-4-2-1-3-15(16)13-11-14(12-13)18-5-6-19-7-9-20-10-8-19/h1-4,13-14,18H,5-12H2. The van der Waals surface area contributed by atoms with Crippen LogP contribution in [0, 0.1) is 0 Å². The summed E-state index contributed by atoms with van der Waals surface area (Å²) in [6.07, 6.45) is 2.54. The minimum Gasteiger partial charge on any atom is -0.379 e. The Morgan fingerprint density at radius 1 is 1.20 bits per heavy atom. The molecule has 0 unspecified atom stereocenters. The number of rotatable bonds is 5. The van der Waals surface area contributed by atoms with E-state index in [4.69, 9.17) is 4.74 Å². The van der Waals surface area contributed by atoms with E-state index in [1.807, 2.05) is 0 Å². The third kappa shape index (κ3) is 3.61. The van der Waals surface area contributed by atoms with E-state index in [1.54, 1.807) is 0 Å². The van der Waals surface area contributed by atoms with Gasteiger partial charge in [0.1, 0.15) is 0 Å². The molecule has 1 aromatic carbocycles. The van der Waals surface area contributed by atoms with Crippen LogP contribution in [0.25, 0.3) is 0 Å². The number of ether oxygens (including phenoxy) is 1. The van der Waals surface area contributed by atoms with Crippen molar-refractivity contribution in [3.63, 3.8) is 0 Å². The summed E-state index contributed by atoms with van der Waals surface area (Å²) in [4.78, 5) is 2.49. The fraction of sp³-hybridized carbons (Fsp3) is 0.625. The molecule has 1 heterocycles. The molecule has 3 rings (SSSR count). The Labute approximate surface area is 129 Å². The monoisotopic (exact) mass is 338 g/mol. The Morgan fingerprint density at radius 3 is 2.70 bits per heavy atom. The fourth-order valence-electron chi connectivity index (χ4n) is 3.10. The molecule has 0 bridgehead atoms. The highest BCUT2D eigenvalue weighted by molar-refractivity contribution is 9.10. The van der Waals surface area contributed by atoms with Crippen molar-refractivity contribution >= 4 is 15.9 Å². The van der Waals surface area contributed by atoms with Crippen LogP contribution in [-0.4, -0.2) is 50.3 Å². The van der Waals surface area contributed by atoms with Gasteiger partial charge in [-0.2, -0.15) is 0 Å². The minimum absolute atomic E-state index is 0.702. The average molecular weight is 339 g/mol. The van der Waals surface area contributed by atoms with Crippen molar-refractivity contribution in [2.75, 3.05) is 39.4 Å². The van der Waals surface area contributed by atoms with Crippen molar-refractivity contribution in [3.05, 3.63) is 34.3 Å². The van der Waals surface area contributed by atoms with Gasteiger partial charge in [-0.15, -0.1) is 0 Å². The van der Waals surface area contributed by atoms with E-state index in [9.17, 15) is 0 Å². The summed E-state index contributed by atoms with van der Waals surface area (Å²) in [5.74, 6) is 0.728. The summed E-state index contributed by atoms with van der Waals surface area (Å²) in [5, 5.41) is 3.69. The molecule has 4 heteroatoms. The van der Waals surface area contributed by atoms with E-state index >= 15 is 0 Å². The van der Waals surface area contributed by atoms with Gasteiger partial charge in [0.25, 0.3) is 0 Å². The molecule has 1 saturated carbocycles. The number of morpholine rings is 1. The van der Waals surface area contributed by atoms with Gasteiger partial charge in [-0.1, -0.05) is 34.1 Å². The molecular weight excluding hydrogens is 316 g/mol. The van der Waals surface area contributed by atoms with Crippen LogP contribution in [0.5, 0.6) is 0 Å². The Hall–Kier alpha value is -0.420. The maximum Gasteiger partial charge on any atom is 0.0594 e. The van der Waals surface area contributed by atoms with Crippen molar-refractivity contribution in [1.82, 2.24) is 10.2 Å². The van der Waals surface area contributed by atoms with E-state index in [0.29, 0.717) is 6.04 Å². The van der Waals surface area contributed by atoms with E-state index in [0.717, 1.165) is 45.3 Å². The van der Waals surface area contributed by atoms with E-state index in [2.05, 4.69) is 50.4 Å². The smallest absolute Gasteiger partial charge is 0.0594 e. The number of nitrogens with zero attached hydrogens (tertiary/aromatic N) is 1. The maximum atomic E-state index is 5.37. The molecular formula is C16H23BrN2O. The highest BCUT2D eigenvalue weighted by Gasteiger charge is 2.30. The second-order valence-electron chi connectivity index (χ2n) is 5.79. The van der Waals surface area contributed by atoms with Crippen molar-refractivity contribution in [1.29, 1.82) is 0 Å². The lowest BCUT2D eigenvalue weighted by Gasteiger charge is -2.37. The molecule has 20 heavy (non-hydrogen) atoms. The van der Waals surface area contributed by atoms with Crippen LogP contribution in [-0.2, 0) is 4.74 Å². The third-order valence-corrected chi connectivity index (χ3v) is 5.17. The van der Waals surface area contributed by atoms with Crippen LogP contribution in [0.3, 0.4) is 0 Å². The SMILES string of the molecule is Brc1ccccc1C1CC(NCCN2CCOCC2)C1. The quantitative estimate of drug-likeness (QED) is 0.893. The third-order valence-electron chi connectivity index (χ3n) is 4.45. The molecule has 2 fully saturated rings. The molecule has 0 atom stereocenters. The van der Waals surface area contributed by atoms with Gasteiger partial charge in [-0.05, 0) is 30.4 Å². The predicted octanol–water partition coefficient (Wildman–Crippen LogP) is 2.62. The van der Waals surface area contributed by atoms with Crippen molar-refractivity contribution in [2.24, 2.45) is 0 Å². The highest BCUT2D eigenvalue weighted by atomic mass is 79.9. The van der Waals surface area contributed by atoms with Gasteiger partial charge < -0.3 is 10.1 Å². The number of halogens is 1. The Morgan fingerprint density at radius 2 is 1.95 bits per heavy atom. The first kappa shape index (κ1) is 14.5. The molecule has 1 saturated heterocycles. The Bertz CT molecular complexity index is 428. The zero-order chi connectivity index (χ0) is 13.8. The lowest BCUT2D eigenvalue weighted by atomic mass is 9.76. The summed E-state index contributed by atoms with van der Waals surface area (Å²) in [5.41, 5.74) is 1.47. The first-order valence-corrected chi connectivity index (χ1v) is 8.40. The van der Waals surface area contributed by atoms with Gasteiger partial charge in [0.05, 0.1) is 13.2 Å². The van der Waals surface area contributed by atoms with Crippen LogP contribution < -0.4 is 5.32 Å². The summed E-state index contributed by atoms with van der Waals surface area (Å²) < 4.78 is 6.63. The summed E-state index contributed by atoms with van der Waals surface area (Å²) >= 11 is 3.66. The largest absolute Gasteiger partial charge is 0.379 e. The molecule has 110 valence electrons. The molecule has 1 aliphatic carbocycles. The van der Waals surface area contributed by atoms with Gasteiger partial charge in [0.15, 0.2) is 0 Å². The van der Waals surface area contributed by atoms with E-state index in [1.165, 1.54) is 22.9 Å². The number of hydrogen-bond acceptors (Lipinski definition) is 3. The van der Waals surface area contributed by atoms with Crippen LogP contribution in [0.1, 0.15) is 24.3 Å². The Kier molecular flexibility index (Phi) is 5.10. The van der Waals surface area contributed by atoms with Crippen LogP contribution in [0.4, 0.5) is 0 Å². The van der Waals surface area contributed by atoms with Crippen molar-refractivity contribution in [3.8, 4) is 0 Å². The first-order chi connectivity index (χ1) is 9.83. The highest BCUT2D eigenvalue weighted by Crippen LogP contribution is 2.39. The zero-order valence-electron chi connectivity index (χ0n) is 11.9. The number of nitrogens with one attached hydrogen (secondary N) is 1. The molecule has 0 aromatic heterocycles. The van der Waals surface area contributed by atoms with E-state index < -0.39 is 0 Å². The van der Waals surface area contributed by atoms with Gasteiger partial charge in [-0.3, -0.25) is 4.90 Å². The topological polar surface area (TPSA) is 24.5 Å². The van der Waals surface area contributed by atoms with Gasteiger partial charge in [0, 0.05) is 36.7 Å². The molecule has 0 spiro atoms. The second-order valence-corrected chi connectivity index (χ2v) is 6.65. The number of hydrogen-bond donors (Lipinski definition) is 1. The summed E-state index contributed by atoms with van der Waals surface area (Å²) in [6.45, 7) is 6.23. The maximum absolute atomic E-state index is 5.37. The van der Waals surface area contributed by atoms with Crippen molar-refractivity contribution in [2.45, 2.75) is 24.8 Å². The predicted molar refractivity (Wildman–Crippen MR) is 85.2 cm³/mol. The lowest BCUT2D eigenvalue weighted by Crippen LogP contribution is -2.45. The summed E-state index contributed by atoms with van der Waals surface area (Å²) in [6, 6.07) is 9.32. The zero-order valence-corrected chi connectivity index (χ0v) is 13.4. The molecule has 1 N–H and O–H groups in total. The lowest BCUT2D eigenvalue weighted by molar-refractivity contribution is 0.0376. The normalized spacial score (nSPS) is 27.2. The molecule has 1 aliphatic heterocycles. The second kappa shape index (κ2) is 7.03. The van der Waals surface area contributed by atoms with Crippen LogP contribution in [0.15, 0.2) is 28.7 Å². The molecule has 0 radical (unpaired) electrons. The van der Waals surface area contributed by atoms with Gasteiger partial charge in [-0.25, -0.2) is 0 Å². The number of benzene rings is 1. The summed E-state index contributed by atoms with van der Waals surface area (Å²) in [7, 11) is 0. The minimum atomic E-state index is 0.702. The first-order valence-electron chi connectivity index (χ1n) is 7.61. The fourth-order valence-corrected chi connectivity index (χ4v) is 3.70. The van der Waals surface area contributed by atoms with E-state index in [-0.39, 0.29) is 0 Å². The van der Waals surface area contributed by atoms with Gasteiger partial charge in [0.2, 0.25) is 0 Å². The van der Waals surface area contributed by atoms with Crippen LogP contribution >= 0.6 is 15.9 Å².